The molecule has 2 N–H and O–H groups in total. The number of nitrogens with zero attached hydrogens (tertiary/aromatic N) is 1. The van der Waals surface area contributed by atoms with Crippen molar-refractivity contribution in [3.63, 3.8) is 0 Å². The summed E-state index contributed by atoms with van der Waals surface area (Å²) in [6.07, 6.45) is 0. The van der Waals surface area contributed by atoms with E-state index in [1.807, 2.05) is 0 Å². The molecule has 8 heteroatoms. The second kappa shape index (κ2) is 7.90. The molecule has 0 spiro atoms. The third kappa shape index (κ3) is 3.94. The summed E-state index contributed by atoms with van der Waals surface area (Å²) >= 11 is 5.83. The molecule has 0 radical (unpaired) electrons. The zero-order valence-electron chi connectivity index (χ0n) is 15.5. The summed E-state index contributed by atoms with van der Waals surface area (Å²) < 4.78 is 5.11. The first-order valence-electron chi connectivity index (χ1n) is 8.63. The predicted molar refractivity (Wildman–Crippen MR) is 104 cm³/mol. The van der Waals surface area contributed by atoms with Crippen LogP contribution in [0.15, 0.2) is 48.5 Å². The van der Waals surface area contributed by atoms with Gasteiger partial charge in [0.15, 0.2) is 0 Å². The molecule has 1 heterocycles. The van der Waals surface area contributed by atoms with Gasteiger partial charge in [0.05, 0.1) is 7.11 Å². The van der Waals surface area contributed by atoms with Gasteiger partial charge in [0.1, 0.15) is 17.8 Å². The average Bonchev–Trinajstić information content (AvgIpc) is 2.91. The maximum Gasteiger partial charge on any atom is 0.325 e. The van der Waals surface area contributed by atoms with Gasteiger partial charge in [-0.05, 0) is 42.3 Å². The number of amides is 4. The molecule has 146 valence electrons. The molecule has 1 unspecified atom stereocenters. The highest BCUT2D eigenvalue weighted by Crippen LogP contribution is 2.29. The number of hydrogen-bond acceptors (Lipinski definition) is 4. The SMILES string of the molecule is COc1ccc(C2(C)NC(=O)N(CC(=O)NCc3ccc(Cl)cc3)C2=O)cc1. The first-order valence-corrected chi connectivity index (χ1v) is 9.01. The van der Waals surface area contributed by atoms with Crippen LogP contribution < -0.4 is 15.4 Å². The van der Waals surface area contributed by atoms with Crippen LogP contribution in [0.25, 0.3) is 0 Å². The van der Waals surface area contributed by atoms with Gasteiger partial charge in [0.25, 0.3) is 5.91 Å². The molecule has 0 bridgehead atoms. The van der Waals surface area contributed by atoms with E-state index in [4.69, 9.17) is 16.3 Å². The Balaban J connectivity index is 1.65. The van der Waals surface area contributed by atoms with Crippen molar-refractivity contribution < 1.29 is 19.1 Å². The molecule has 0 saturated carbocycles. The normalized spacial score (nSPS) is 18.8. The lowest BCUT2D eigenvalue weighted by atomic mass is 9.92. The molecule has 1 saturated heterocycles. The largest absolute Gasteiger partial charge is 0.497 e. The Hall–Kier alpha value is -3.06. The molecule has 1 aliphatic heterocycles. The molecule has 2 aromatic rings. The standard InChI is InChI=1S/C20H20ClN3O4/c1-20(14-5-9-16(28-2)10-6-14)18(26)24(19(27)23-20)12-17(25)22-11-13-3-7-15(21)8-4-13/h3-10H,11-12H2,1-2H3,(H,22,25)(H,23,27). The summed E-state index contributed by atoms with van der Waals surface area (Å²) in [4.78, 5) is 38.3. The maximum absolute atomic E-state index is 12.9. The smallest absolute Gasteiger partial charge is 0.325 e. The summed E-state index contributed by atoms with van der Waals surface area (Å²) in [5, 5.41) is 5.97. The Morgan fingerprint density at radius 2 is 1.79 bits per heavy atom. The highest BCUT2D eigenvalue weighted by molar-refractivity contribution is 6.30. The first-order chi connectivity index (χ1) is 13.3. The van der Waals surface area contributed by atoms with Crippen LogP contribution in [0.4, 0.5) is 4.79 Å². The second-order valence-electron chi connectivity index (χ2n) is 6.58. The van der Waals surface area contributed by atoms with Gasteiger partial charge in [-0.3, -0.25) is 14.5 Å². The van der Waals surface area contributed by atoms with Crippen LogP contribution in [0, 0.1) is 0 Å². The summed E-state index contributed by atoms with van der Waals surface area (Å²) in [6.45, 7) is 1.53. The van der Waals surface area contributed by atoms with Gasteiger partial charge in [-0.15, -0.1) is 0 Å². The fourth-order valence-corrected chi connectivity index (χ4v) is 3.09. The van der Waals surface area contributed by atoms with Gasteiger partial charge < -0.3 is 15.4 Å². The van der Waals surface area contributed by atoms with Crippen LogP contribution >= 0.6 is 11.6 Å². The van der Waals surface area contributed by atoms with E-state index in [9.17, 15) is 14.4 Å². The molecule has 1 fully saturated rings. The lowest BCUT2D eigenvalue weighted by molar-refractivity contribution is -0.134. The topological polar surface area (TPSA) is 87.7 Å². The van der Waals surface area contributed by atoms with Crippen molar-refractivity contribution in [2.24, 2.45) is 0 Å². The Bertz CT molecular complexity index is 899. The minimum Gasteiger partial charge on any atom is -0.497 e. The number of ether oxygens (including phenoxy) is 1. The number of nitrogens with one attached hydrogen (secondary N) is 2. The molecule has 7 nitrogen and oxygen atoms in total. The second-order valence-corrected chi connectivity index (χ2v) is 7.01. The Kier molecular flexibility index (Phi) is 5.56. The molecule has 0 aliphatic carbocycles. The highest BCUT2D eigenvalue weighted by Gasteiger charge is 2.49. The molecule has 2 aromatic carbocycles. The minimum atomic E-state index is -1.24. The lowest BCUT2D eigenvalue weighted by Crippen LogP contribution is -2.43. The fraction of sp³-hybridized carbons (Fsp3) is 0.250. The summed E-state index contributed by atoms with van der Waals surface area (Å²) in [5.74, 6) is -0.274. The predicted octanol–water partition coefficient (Wildman–Crippen LogP) is 2.43. The quantitative estimate of drug-likeness (QED) is 0.728. The van der Waals surface area contributed by atoms with Crippen LogP contribution in [0.3, 0.4) is 0 Å². The Labute approximate surface area is 167 Å². The van der Waals surface area contributed by atoms with Crippen LogP contribution in [-0.2, 0) is 21.7 Å². The number of halogens is 1. The van der Waals surface area contributed by atoms with E-state index in [1.54, 1.807) is 62.6 Å². The van der Waals surface area contributed by atoms with E-state index in [0.717, 1.165) is 10.5 Å². The van der Waals surface area contributed by atoms with Crippen molar-refractivity contribution >= 4 is 29.4 Å². The number of benzene rings is 2. The van der Waals surface area contributed by atoms with E-state index < -0.39 is 23.4 Å². The van der Waals surface area contributed by atoms with Crippen LogP contribution in [0.1, 0.15) is 18.1 Å². The number of urea groups is 1. The van der Waals surface area contributed by atoms with Crippen molar-refractivity contribution in [2.45, 2.75) is 19.0 Å². The summed E-state index contributed by atoms with van der Waals surface area (Å²) in [6, 6.07) is 13.3. The monoisotopic (exact) mass is 401 g/mol. The van der Waals surface area contributed by atoms with Gasteiger partial charge in [0.2, 0.25) is 5.91 Å². The third-order valence-electron chi connectivity index (χ3n) is 4.65. The fourth-order valence-electron chi connectivity index (χ4n) is 2.96. The third-order valence-corrected chi connectivity index (χ3v) is 4.90. The van der Waals surface area contributed by atoms with Gasteiger partial charge in [-0.2, -0.15) is 0 Å². The highest BCUT2D eigenvalue weighted by atomic mass is 35.5. The van der Waals surface area contributed by atoms with Gasteiger partial charge >= 0.3 is 6.03 Å². The number of carbonyl (C=O) groups excluding carboxylic acids is 3. The van der Waals surface area contributed by atoms with Crippen molar-refractivity contribution in [2.75, 3.05) is 13.7 Å². The number of hydrogen-bond donors (Lipinski definition) is 2. The van der Waals surface area contributed by atoms with Gasteiger partial charge in [0, 0.05) is 11.6 Å². The Morgan fingerprint density at radius 1 is 1.14 bits per heavy atom. The van der Waals surface area contributed by atoms with Crippen molar-refractivity contribution in [1.82, 2.24) is 15.5 Å². The zero-order chi connectivity index (χ0) is 20.3. The van der Waals surface area contributed by atoms with E-state index in [-0.39, 0.29) is 13.1 Å². The number of methoxy groups -OCH3 is 1. The van der Waals surface area contributed by atoms with Crippen LogP contribution in [0.2, 0.25) is 5.02 Å². The van der Waals surface area contributed by atoms with E-state index in [1.165, 1.54) is 0 Å². The molecule has 4 amide bonds. The number of rotatable bonds is 6. The molecule has 0 aromatic heterocycles. The number of carbonyl (C=O) groups is 3. The van der Waals surface area contributed by atoms with Crippen LogP contribution in [-0.4, -0.2) is 36.4 Å². The first kappa shape index (κ1) is 19.7. The van der Waals surface area contributed by atoms with Gasteiger partial charge in [-0.1, -0.05) is 35.9 Å². The summed E-state index contributed by atoms with van der Waals surface area (Å²) in [5.41, 5.74) is 0.230. The summed E-state index contributed by atoms with van der Waals surface area (Å²) in [7, 11) is 1.55. The van der Waals surface area contributed by atoms with Crippen LogP contribution in [0.5, 0.6) is 5.75 Å². The minimum absolute atomic E-state index is 0.273. The molecule has 28 heavy (non-hydrogen) atoms. The average molecular weight is 402 g/mol. The van der Waals surface area contributed by atoms with Gasteiger partial charge in [-0.25, -0.2) is 4.79 Å². The molecule has 3 rings (SSSR count). The Morgan fingerprint density at radius 3 is 2.39 bits per heavy atom. The number of imide groups is 1. The molecule has 1 aliphatic rings. The van der Waals surface area contributed by atoms with Crippen molar-refractivity contribution in [3.8, 4) is 5.75 Å². The maximum atomic E-state index is 12.9. The lowest BCUT2D eigenvalue weighted by Gasteiger charge is -2.22. The molecular formula is C20H20ClN3O4. The molecular weight excluding hydrogens is 382 g/mol. The molecule has 1 atom stereocenters. The van der Waals surface area contributed by atoms with Crippen molar-refractivity contribution in [1.29, 1.82) is 0 Å². The zero-order valence-corrected chi connectivity index (χ0v) is 16.2. The van der Waals surface area contributed by atoms with E-state index >= 15 is 0 Å². The van der Waals surface area contributed by atoms with E-state index in [0.29, 0.717) is 16.3 Å². The van der Waals surface area contributed by atoms with Crippen molar-refractivity contribution in [3.05, 3.63) is 64.7 Å². The van der Waals surface area contributed by atoms with E-state index in [2.05, 4.69) is 10.6 Å².